The van der Waals surface area contributed by atoms with E-state index < -0.39 is 0 Å². The number of carbonyl (C=O) groups is 1. The molecule has 0 unspecified atom stereocenters. The maximum atomic E-state index is 12.7. The molecule has 0 amide bonds. The molecule has 1 nitrogen and oxygen atoms in total. The number of aryl methyl sites for hydroxylation is 2. The summed E-state index contributed by atoms with van der Waals surface area (Å²) in [5, 5.41) is 2.20. The maximum Gasteiger partial charge on any atom is 0.193 e. The Kier molecular flexibility index (Phi) is 3.64. The molecule has 0 atom stereocenters. The zero-order valence-corrected chi connectivity index (χ0v) is 13.6. The molecule has 0 radical (unpaired) electrons. The van der Waals surface area contributed by atoms with E-state index in [2.05, 4.69) is 22.0 Å². The van der Waals surface area contributed by atoms with Crippen LogP contribution in [0.3, 0.4) is 0 Å². The van der Waals surface area contributed by atoms with Gasteiger partial charge in [-0.1, -0.05) is 51.8 Å². The Bertz CT molecular complexity index is 849. The van der Waals surface area contributed by atoms with E-state index in [9.17, 15) is 4.79 Å². The molecule has 0 fully saturated rings. The monoisotopic (exact) mass is 338 g/mol. The van der Waals surface area contributed by atoms with Crippen molar-refractivity contribution in [1.29, 1.82) is 0 Å². The molecule has 0 saturated carbocycles. The van der Waals surface area contributed by atoms with Gasteiger partial charge in [0.2, 0.25) is 0 Å². The topological polar surface area (TPSA) is 17.1 Å². The fraction of sp³-hybridized carbons (Fsp3) is 0.105. The maximum absolute atomic E-state index is 12.7. The van der Waals surface area contributed by atoms with Crippen LogP contribution in [0.5, 0.6) is 0 Å². The first kappa shape index (κ1) is 14.0. The molecule has 0 aliphatic heterocycles. The van der Waals surface area contributed by atoms with Gasteiger partial charge < -0.3 is 0 Å². The Hall–Kier alpha value is -1.93. The second-order valence-electron chi connectivity index (χ2n) is 5.35. The van der Waals surface area contributed by atoms with Crippen molar-refractivity contribution in [2.24, 2.45) is 0 Å². The van der Waals surface area contributed by atoms with Gasteiger partial charge in [0.25, 0.3) is 0 Å². The highest BCUT2D eigenvalue weighted by Gasteiger charge is 2.12. The van der Waals surface area contributed by atoms with Crippen LogP contribution in [-0.2, 0) is 0 Å². The molecule has 21 heavy (non-hydrogen) atoms. The summed E-state index contributed by atoms with van der Waals surface area (Å²) in [6, 6.07) is 17.9. The third-order valence-corrected chi connectivity index (χ3v) is 4.20. The molecule has 104 valence electrons. The van der Waals surface area contributed by atoms with Crippen LogP contribution in [0.2, 0.25) is 0 Å². The fourth-order valence-electron chi connectivity index (χ4n) is 2.49. The smallest absolute Gasteiger partial charge is 0.193 e. The minimum atomic E-state index is 0.0843. The summed E-state index contributed by atoms with van der Waals surface area (Å²) in [5.74, 6) is 0.0843. The first-order chi connectivity index (χ1) is 10.0. The standard InChI is InChI=1S/C19H15BrO/c1-12-3-4-13(2)18(9-12)19(21)16-6-5-15-11-17(20)8-7-14(15)10-16/h3-11H,1-2H3. The van der Waals surface area contributed by atoms with Gasteiger partial charge in [-0.05, 0) is 54.4 Å². The van der Waals surface area contributed by atoms with Gasteiger partial charge in [-0.25, -0.2) is 0 Å². The van der Waals surface area contributed by atoms with Gasteiger partial charge in [-0.3, -0.25) is 4.79 Å². The number of carbonyl (C=O) groups excluding carboxylic acids is 1. The number of hydrogen-bond acceptors (Lipinski definition) is 1. The fourth-order valence-corrected chi connectivity index (χ4v) is 2.87. The molecule has 2 heteroatoms. The zero-order chi connectivity index (χ0) is 15.0. The molecule has 3 aromatic rings. The first-order valence-electron chi connectivity index (χ1n) is 6.86. The third-order valence-electron chi connectivity index (χ3n) is 3.70. The lowest BCUT2D eigenvalue weighted by Crippen LogP contribution is -2.04. The van der Waals surface area contributed by atoms with Gasteiger partial charge in [0, 0.05) is 15.6 Å². The molecule has 0 saturated heterocycles. The Morgan fingerprint density at radius 3 is 2.38 bits per heavy atom. The Morgan fingerprint density at radius 1 is 0.857 bits per heavy atom. The highest BCUT2D eigenvalue weighted by atomic mass is 79.9. The van der Waals surface area contributed by atoms with Crippen molar-refractivity contribution in [3.05, 3.63) is 81.3 Å². The van der Waals surface area contributed by atoms with Gasteiger partial charge in [-0.2, -0.15) is 0 Å². The number of rotatable bonds is 2. The lowest BCUT2D eigenvalue weighted by molar-refractivity contribution is 0.103. The van der Waals surface area contributed by atoms with E-state index in [1.165, 1.54) is 0 Å². The van der Waals surface area contributed by atoms with Gasteiger partial charge in [-0.15, -0.1) is 0 Å². The molecular formula is C19H15BrO. The molecule has 0 spiro atoms. The van der Waals surface area contributed by atoms with E-state index >= 15 is 0 Å². The first-order valence-corrected chi connectivity index (χ1v) is 7.65. The molecule has 3 aromatic carbocycles. The van der Waals surface area contributed by atoms with E-state index in [0.717, 1.165) is 37.5 Å². The van der Waals surface area contributed by atoms with Gasteiger partial charge in [0.1, 0.15) is 0 Å². The van der Waals surface area contributed by atoms with Gasteiger partial charge in [0.05, 0.1) is 0 Å². The van der Waals surface area contributed by atoms with Crippen LogP contribution in [0.4, 0.5) is 0 Å². The van der Waals surface area contributed by atoms with E-state index in [0.29, 0.717) is 0 Å². The van der Waals surface area contributed by atoms with Crippen LogP contribution in [0.15, 0.2) is 59.1 Å². The van der Waals surface area contributed by atoms with Crippen molar-refractivity contribution >= 4 is 32.5 Å². The van der Waals surface area contributed by atoms with E-state index in [4.69, 9.17) is 0 Å². The van der Waals surface area contributed by atoms with Crippen LogP contribution in [0.1, 0.15) is 27.0 Å². The molecule has 0 aromatic heterocycles. The number of halogens is 1. The predicted molar refractivity (Wildman–Crippen MR) is 91.0 cm³/mol. The van der Waals surface area contributed by atoms with Crippen LogP contribution in [0.25, 0.3) is 10.8 Å². The quantitative estimate of drug-likeness (QED) is 0.568. The highest BCUT2D eigenvalue weighted by molar-refractivity contribution is 9.10. The van der Waals surface area contributed by atoms with E-state index in [1.54, 1.807) is 0 Å². The highest BCUT2D eigenvalue weighted by Crippen LogP contribution is 2.23. The second kappa shape index (κ2) is 5.45. The molecule has 0 N–H and O–H groups in total. The lowest BCUT2D eigenvalue weighted by atomic mass is 9.96. The number of hydrogen-bond donors (Lipinski definition) is 0. The van der Waals surface area contributed by atoms with Crippen molar-refractivity contribution in [2.75, 3.05) is 0 Å². The van der Waals surface area contributed by atoms with Crippen molar-refractivity contribution in [2.45, 2.75) is 13.8 Å². The van der Waals surface area contributed by atoms with Crippen molar-refractivity contribution < 1.29 is 4.79 Å². The third kappa shape index (κ3) is 2.77. The van der Waals surface area contributed by atoms with Crippen LogP contribution in [-0.4, -0.2) is 5.78 Å². The van der Waals surface area contributed by atoms with Crippen LogP contribution < -0.4 is 0 Å². The predicted octanol–water partition coefficient (Wildman–Crippen LogP) is 5.45. The Labute approximate surface area is 132 Å². The van der Waals surface area contributed by atoms with Crippen LogP contribution in [0, 0.1) is 13.8 Å². The number of benzene rings is 3. The molecule has 0 aliphatic rings. The summed E-state index contributed by atoms with van der Waals surface area (Å²) in [6.45, 7) is 3.99. The minimum Gasteiger partial charge on any atom is -0.289 e. The van der Waals surface area contributed by atoms with Crippen molar-refractivity contribution in [3.8, 4) is 0 Å². The van der Waals surface area contributed by atoms with E-state index in [-0.39, 0.29) is 5.78 Å². The molecule has 0 heterocycles. The average Bonchev–Trinajstić information content (AvgIpc) is 2.48. The lowest BCUT2D eigenvalue weighted by Gasteiger charge is -2.08. The largest absolute Gasteiger partial charge is 0.289 e. The Morgan fingerprint density at radius 2 is 1.57 bits per heavy atom. The second-order valence-corrected chi connectivity index (χ2v) is 6.27. The zero-order valence-electron chi connectivity index (χ0n) is 12.0. The van der Waals surface area contributed by atoms with Crippen molar-refractivity contribution in [3.63, 3.8) is 0 Å². The summed E-state index contributed by atoms with van der Waals surface area (Å²) in [5.41, 5.74) is 3.64. The number of ketones is 1. The summed E-state index contributed by atoms with van der Waals surface area (Å²) in [7, 11) is 0. The molecule has 3 rings (SSSR count). The SMILES string of the molecule is Cc1ccc(C)c(C(=O)c2ccc3cc(Br)ccc3c2)c1. The summed E-state index contributed by atoms with van der Waals surface area (Å²) in [4.78, 5) is 12.7. The minimum absolute atomic E-state index is 0.0843. The summed E-state index contributed by atoms with van der Waals surface area (Å²) < 4.78 is 1.05. The molecule has 0 aliphatic carbocycles. The summed E-state index contributed by atoms with van der Waals surface area (Å²) >= 11 is 3.47. The Balaban J connectivity index is 2.09. The summed E-state index contributed by atoms with van der Waals surface area (Å²) in [6.07, 6.45) is 0. The number of fused-ring (bicyclic) bond motifs is 1. The normalized spacial score (nSPS) is 10.8. The van der Waals surface area contributed by atoms with Gasteiger partial charge >= 0.3 is 0 Å². The molecular weight excluding hydrogens is 324 g/mol. The molecule has 0 bridgehead atoms. The van der Waals surface area contributed by atoms with Crippen molar-refractivity contribution in [1.82, 2.24) is 0 Å². The van der Waals surface area contributed by atoms with Crippen LogP contribution >= 0.6 is 15.9 Å². The van der Waals surface area contributed by atoms with Gasteiger partial charge in [0.15, 0.2) is 5.78 Å². The van der Waals surface area contributed by atoms with E-state index in [1.807, 2.05) is 62.4 Å². The average molecular weight is 339 g/mol.